The number of ether oxygens (including phenoxy) is 4. The zero-order valence-electron chi connectivity index (χ0n) is 19.7. The highest BCUT2D eigenvalue weighted by atomic mass is 32.2. The Balaban J connectivity index is 1.64. The van der Waals surface area contributed by atoms with E-state index in [1.807, 2.05) is 0 Å². The van der Waals surface area contributed by atoms with Gasteiger partial charge in [-0.25, -0.2) is 12.8 Å². The quantitative estimate of drug-likeness (QED) is 0.409. The van der Waals surface area contributed by atoms with Gasteiger partial charge in [-0.2, -0.15) is 4.31 Å². The Morgan fingerprint density at radius 3 is 2.31 bits per heavy atom. The molecule has 1 aromatic heterocycles. The Labute approximate surface area is 203 Å². The Bertz CT molecular complexity index is 1230. The summed E-state index contributed by atoms with van der Waals surface area (Å²) in [5.41, 5.74) is 1.02. The van der Waals surface area contributed by atoms with E-state index in [9.17, 15) is 12.8 Å². The minimum Gasteiger partial charge on any atom is -0.493 e. The summed E-state index contributed by atoms with van der Waals surface area (Å²) in [6, 6.07) is 9.82. The first-order valence-electron chi connectivity index (χ1n) is 11.0. The van der Waals surface area contributed by atoms with E-state index < -0.39 is 15.8 Å². The number of nitrogens with zero attached hydrogens (tertiary/aromatic N) is 2. The second kappa shape index (κ2) is 10.6. The van der Waals surface area contributed by atoms with Gasteiger partial charge in [0.2, 0.25) is 15.8 Å². The zero-order chi connectivity index (χ0) is 25.0. The summed E-state index contributed by atoms with van der Waals surface area (Å²) in [7, 11) is 0.590. The van der Waals surface area contributed by atoms with Crippen LogP contribution >= 0.6 is 0 Å². The second-order valence-electron chi connectivity index (χ2n) is 7.98. The molecule has 188 valence electrons. The fourth-order valence-electron chi connectivity index (χ4n) is 3.95. The monoisotopic (exact) mass is 506 g/mol. The Morgan fingerprint density at radius 1 is 1.06 bits per heavy atom. The maximum atomic E-state index is 13.4. The Kier molecular flexibility index (Phi) is 7.58. The molecule has 1 aliphatic rings. The predicted molar refractivity (Wildman–Crippen MR) is 125 cm³/mol. The fraction of sp³-hybridized carbons (Fsp3) is 0.375. The second-order valence-corrected chi connectivity index (χ2v) is 9.92. The van der Waals surface area contributed by atoms with Crippen molar-refractivity contribution in [3.8, 4) is 28.6 Å². The number of halogens is 1. The highest BCUT2D eigenvalue weighted by Gasteiger charge is 2.30. The first-order valence-corrected chi connectivity index (χ1v) is 12.4. The van der Waals surface area contributed by atoms with Crippen molar-refractivity contribution >= 4 is 10.0 Å². The summed E-state index contributed by atoms with van der Waals surface area (Å²) < 4.78 is 68.8. The predicted octanol–water partition coefficient (Wildman–Crippen LogP) is 3.88. The molecular weight excluding hydrogens is 479 g/mol. The van der Waals surface area contributed by atoms with Gasteiger partial charge in [0, 0.05) is 24.8 Å². The van der Waals surface area contributed by atoms with Gasteiger partial charge in [-0.3, -0.25) is 0 Å². The third-order valence-corrected chi connectivity index (χ3v) is 7.56. The zero-order valence-corrected chi connectivity index (χ0v) is 20.5. The van der Waals surface area contributed by atoms with E-state index in [0.29, 0.717) is 40.9 Å². The third-order valence-electron chi connectivity index (χ3n) is 5.73. The molecule has 0 N–H and O–H groups in total. The van der Waals surface area contributed by atoms with Gasteiger partial charge in [0.1, 0.15) is 5.82 Å². The van der Waals surface area contributed by atoms with E-state index in [-0.39, 0.29) is 24.1 Å². The minimum absolute atomic E-state index is 0.00903. The van der Waals surface area contributed by atoms with Crippen LogP contribution < -0.4 is 14.2 Å². The van der Waals surface area contributed by atoms with Crippen LogP contribution in [0.25, 0.3) is 11.3 Å². The lowest BCUT2D eigenvalue weighted by Gasteiger charge is -2.24. The largest absolute Gasteiger partial charge is 0.493 e. The molecule has 2 aromatic carbocycles. The molecule has 0 bridgehead atoms. The first kappa shape index (κ1) is 25.0. The molecule has 9 nitrogen and oxygen atoms in total. The fourth-order valence-corrected chi connectivity index (χ4v) is 5.39. The van der Waals surface area contributed by atoms with E-state index >= 15 is 0 Å². The molecule has 0 spiro atoms. The van der Waals surface area contributed by atoms with Gasteiger partial charge in [0.05, 0.1) is 44.6 Å². The summed E-state index contributed by atoms with van der Waals surface area (Å²) in [5, 5.41) is 4.09. The van der Waals surface area contributed by atoms with Gasteiger partial charge >= 0.3 is 0 Å². The van der Waals surface area contributed by atoms with Crippen LogP contribution in [0, 0.1) is 5.82 Å². The molecule has 2 heterocycles. The van der Waals surface area contributed by atoms with Crippen molar-refractivity contribution in [3.05, 3.63) is 54.0 Å². The Morgan fingerprint density at radius 2 is 1.74 bits per heavy atom. The van der Waals surface area contributed by atoms with Crippen LogP contribution in [0.5, 0.6) is 17.2 Å². The molecule has 0 aliphatic carbocycles. The van der Waals surface area contributed by atoms with Gasteiger partial charge in [-0.05, 0) is 49.2 Å². The molecule has 35 heavy (non-hydrogen) atoms. The van der Waals surface area contributed by atoms with Crippen molar-refractivity contribution < 1.29 is 36.3 Å². The molecule has 3 aromatic rings. The lowest BCUT2D eigenvalue weighted by molar-refractivity contribution is 0.0922. The van der Waals surface area contributed by atoms with E-state index in [2.05, 4.69) is 5.16 Å². The number of hydrogen-bond acceptors (Lipinski definition) is 8. The van der Waals surface area contributed by atoms with Crippen molar-refractivity contribution in [2.45, 2.75) is 30.4 Å². The standard InChI is InChI=1S/C24H27FN2O7S/c1-30-22-11-16(12-23(31-2)24(22)32-3)21-13-18(26-34-21)14-27(15-19-5-4-10-33-19)35(28,29)20-8-6-17(25)7-9-20/h6-9,11-13,19H,4-5,10,14-15H2,1-3H3. The van der Waals surface area contributed by atoms with Gasteiger partial charge in [-0.1, -0.05) is 5.16 Å². The van der Waals surface area contributed by atoms with Crippen molar-refractivity contribution in [2.75, 3.05) is 34.5 Å². The van der Waals surface area contributed by atoms with Crippen molar-refractivity contribution in [2.24, 2.45) is 0 Å². The van der Waals surface area contributed by atoms with Crippen LogP contribution in [0.4, 0.5) is 4.39 Å². The number of aromatic nitrogens is 1. The normalized spacial score (nSPS) is 16.0. The maximum absolute atomic E-state index is 13.4. The molecular formula is C24H27FN2O7S. The first-order chi connectivity index (χ1) is 16.8. The number of hydrogen-bond donors (Lipinski definition) is 0. The number of methoxy groups -OCH3 is 3. The molecule has 1 aliphatic heterocycles. The number of benzene rings is 2. The van der Waals surface area contributed by atoms with Crippen LogP contribution in [0.3, 0.4) is 0 Å². The van der Waals surface area contributed by atoms with Crippen LogP contribution in [-0.2, 0) is 21.3 Å². The lowest BCUT2D eigenvalue weighted by Crippen LogP contribution is -2.37. The molecule has 1 fully saturated rings. The Hall–Kier alpha value is -3.15. The molecule has 0 amide bonds. The van der Waals surface area contributed by atoms with E-state index in [1.165, 1.54) is 37.8 Å². The number of rotatable bonds is 10. The molecule has 1 unspecified atom stereocenters. The van der Waals surface area contributed by atoms with Gasteiger partial charge in [-0.15, -0.1) is 0 Å². The summed E-state index contributed by atoms with van der Waals surface area (Å²) in [4.78, 5) is -0.00903. The van der Waals surface area contributed by atoms with E-state index in [4.69, 9.17) is 23.5 Å². The maximum Gasteiger partial charge on any atom is 0.243 e. The lowest BCUT2D eigenvalue weighted by atomic mass is 10.1. The summed E-state index contributed by atoms with van der Waals surface area (Å²) >= 11 is 0. The van der Waals surface area contributed by atoms with Gasteiger partial charge in [0.25, 0.3) is 0 Å². The third kappa shape index (κ3) is 5.42. The van der Waals surface area contributed by atoms with E-state index in [1.54, 1.807) is 18.2 Å². The average molecular weight is 507 g/mol. The summed E-state index contributed by atoms with van der Waals surface area (Å²) in [6.07, 6.45) is 1.39. The summed E-state index contributed by atoms with van der Waals surface area (Å²) in [5.74, 6) is 1.21. The SMILES string of the molecule is COc1cc(-c2cc(CN(CC3CCCO3)S(=O)(=O)c3ccc(F)cc3)no2)cc(OC)c1OC. The molecule has 0 radical (unpaired) electrons. The smallest absolute Gasteiger partial charge is 0.243 e. The average Bonchev–Trinajstić information content (AvgIpc) is 3.55. The topological polar surface area (TPSA) is 100 Å². The van der Waals surface area contributed by atoms with Crippen LogP contribution in [0.2, 0.25) is 0 Å². The highest BCUT2D eigenvalue weighted by Crippen LogP contribution is 2.41. The van der Waals surface area contributed by atoms with Crippen LogP contribution in [0.1, 0.15) is 18.5 Å². The van der Waals surface area contributed by atoms with Gasteiger partial charge in [0.15, 0.2) is 17.3 Å². The van der Waals surface area contributed by atoms with E-state index in [0.717, 1.165) is 25.0 Å². The molecule has 0 saturated carbocycles. The van der Waals surface area contributed by atoms with Gasteiger partial charge < -0.3 is 23.5 Å². The van der Waals surface area contributed by atoms with Crippen LogP contribution in [-0.4, -0.2) is 58.5 Å². The highest BCUT2D eigenvalue weighted by molar-refractivity contribution is 7.89. The molecule has 1 saturated heterocycles. The minimum atomic E-state index is -3.94. The van der Waals surface area contributed by atoms with Crippen molar-refractivity contribution in [3.63, 3.8) is 0 Å². The molecule has 1 atom stereocenters. The molecule has 11 heteroatoms. The van der Waals surface area contributed by atoms with Crippen molar-refractivity contribution in [1.82, 2.24) is 9.46 Å². The number of sulfonamides is 1. The van der Waals surface area contributed by atoms with Crippen LogP contribution in [0.15, 0.2) is 51.9 Å². The molecule has 4 rings (SSSR count). The van der Waals surface area contributed by atoms with Crippen molar-refractivity contribution in [1.29, 1.82) is 0 Å². The summed E-state index contributed by atoms with van der Waals surface area (Å²) in [6.45, 7) is 0.684.